The molecule has 2 aliphatic heterocycles. The molecule has 4 saturated carbocycles. The van der Waals surface area contributed by atoms with E-state index in [-0.39, 0.29) is 42.9 Å². The van der Waals surface area contributed by atoms with Crippen molar-refractivity contribution in [2.45, 2.75) is 77.9 Å². The van der Waals surface area contributed by atoms with E-state index in [1.807, 2.05) is 0 Å². The highest BCUT2D eigenvalue weighted by atomic mass is 16.7. The molecule has 0 saturated heterocycles. The van der Waals surface area contributed by atoms with Crippen LogP contribution in [0.2, 0.25) is 0 Å². The quantitative estimate of drug-likeness (QED) is 0.190. The molecule has 10 nitrogen and oxygen atoms in total. The molecule has 2 heterocycles. The molecule has 8 rings (SSSR count). The Balaban J connectivity index is 1.14. The first-order chi connectivity index (χ1) is 23.0. The molecule has 10 heteroatoms. The monoisotopic (exact) mass is 658 g/mol. The van der Waals surface area contributed by atoms with Crippen molar-refractivity contribution in [3.63, 3.8) is 0 Å². The number of allylic oxidation sites excluding steroid dienone is 1. The molecule has 2 aromatic rings. The van der Waals surface area contributed by atoms with Crippen molar-refractivity contribution in [3.8, 4) is 23.0 Å². The maximum atomic E-state index is 13.9. The van der Waals surface area contributed by atoms with Crippen LogP contribution in [0.25, 0.3) is 0 Å². The molecule has 1 unspecified atom stereocenters. The van der Waals surface area contributed by atoms with Crippen LogP contribution < -0.4 is 18.9 Å². The van der Waals surface area contributed by atoms with E-state index in [1.54, 1.807) is 36.4 Å². The number of hydrogen-bond acceptors (Lipinski definition) is 10. The van der Waals surface area contributed by atoms with E-state index in [0.717, 1.165) is 32.1 Å². The highest BCUT2D eigenvalue weighted by Gasteiger charge is 2.70. The summed E-state index contributed by atoms with van der Waals surface area (Å²) in [5.41, 5.74) is 0.860. The summed E-state index contributed by atoms with van der Waals surface area (Å²) in [5.74, 6) is 1.53. The zero-order chi connectivity index (χ0) is 33.4. The standard InChI is InChI=1S/C38H42O10/c1-21-16-38-17-25(21)7-10-30(38)36(3)12-11-32(47-34(40)23-5-8-26-28(13-23)45-19-43-26)37(4,18-42-22(2)39)31(36)15-33(38)48-35(41)24-6-9-27-29(14-24)46-20-44-27/h5-6,8-9,13-14,25,30-33H,1,7,10-12,15-20H2,2-4H3/t25-,30+,31?,32-,33+,36+,37-,38+/m1/s1. The fourth-order valence-electron chi connectivity index (χ4n) is 10.5. The Hall–Kier alpha value is -4.21. The lowest BCUT2D eigenvalue weighted by Crippen LogP contribution is -2.66. The third kappa shape index (κ3) is 4.77. The van der Waals surface area contributed by atoms with E-state index < -0.39 is 35.5 Å². The van der Waals surface area contributed by atoms with Gasteiger partial charge in [-0.2, -0.15) is 0 Å². The average Bonchev–Trinajstić information content (AvgIpc) is 3.80. The smallest absolute Gasteiger partial charge is 0.338 e. The van der Waals surface area contributed by atoms with Crippen molar-refractivity contribution in [3.05, 3.63) is 59.7 Å². The van der Waals surface area contributed by atoms with Gasteiger partial charge >= 0.3 is 17.9 Å². The molecule has 4 aliphatic carbocycles. The molecule has 2 aromatic carbocycles. The van der Waals surface area contributed by atoms with E-state index in [1.165, 1.54) is 12.5 Å². The van der Waals surface area contributed by atoms with Crippen LogP contribution >= 0.6 is 0 Å². The number of carbonyl (C=O) groups is 3. The van der Waals surface area contributed by atoms with Gasteiger partial charge in [0.2, 0.25) is 13.6 Å². The molecular weight excluding hydrogens is 616 g/mol. The van der Waals surface area contributed by atoms with Gasteiger partial charge in [-0.05, 0) is 105 Å². The van der Waals surface area contributed by atoms with Gasteiger partial charge in [-0.1, -0.05) is 26.0 Å². The van der Waals surface area contributed by atoms with Crippen LogP contribution in [-0.2, 0) is 19.0 Å². The molecule has 8 atom stereocenters. The summed E-state index contributed by atoms with van der Waals surface area (Å²) in [7, 11) is 0. The zero-order valence-corrected chi connectivity index (χ0v) is 27.7. The summed E-state index contributed by atoms with van der Waals surface area (Å²) in [4.78, 5) is 39.9. The summed E-state index contributed by atoms with van der Waals surface area (Å²) >= 11 is 0. The number of ether oxygens (including phenoxy) is 7. The third-order valence-corrected chi connectivity index (χ3v) is 12.7. The molecule has 1 spiro atoms. The van der Waals surface area contributed by atoms with Crippen LogP contribution in [0.15, 0.2) is 48.6 Å². The molecule has 254 valence electrons. The first kappa shape index (κ1) is 31.1. The Kier molecular flexibility index (Phi) is 7.23. The summed E-state index contributed by atoms with van der Waals surface area (Å²) in [5, 5.41) is 0. The fraction of sp³-hybridized carbons (Fsp3) is 0.553. The lowest BCUT2D eigenvalue weighted by molar-refractivity contribution is -0.232. The highest BCUT2D eigenvalue weighted by molar-refractivity contribution is 5.91. The van der Waals surface area contributed by atoms with Crippen LogP contribution in [0, 0.1) is 34.0 Å². The summed E-state index contributed by atoms with van der Waals surface area (Å²) < 4.78 is 40.6. The molecule has 6 aliphatic rings. The summed E-state index contributed by atoms with van der Waals surface area (Å²) in [6.07, 6.45) is 4.90. The van der Waals surface area contributed by atoms with Crippen molar-refractivity contribution in [1.82, 2.24) is 0 Å². The number of esters is 3. The second kappa shape index (κ2) is 11.2. The van der Waals surface area contributed by atoms with Crippen molar-refractivity contribution >= 4 is 17.9 Å². The lowest BCUT2D eigenvalue weighted by atomic mass is 9.40. The number of hydrogen-bond donors (Lipinski definition) is 0. The van der Waals surface area contributed by atoms with Gasteiger partial charge in [0.05, 0.1) is 11.1 Å². The highest BCUT2D eigenvalue weighted by Crippen LogP contribution is 2.73. The van der Waals surface area contributed by atoms with Crippen molar-refractivity contribution in [2.75, 3.05) is 20.2 Å². The first-order valence-electron chi connectivity index (χ1n) is 17.0. The van der Waals surface area contributed by atoms with Crippen LogP contribution in [0.1, 0.15) is 86.4 Å². The number of rotatable bonds is 6. The van der Waals surface area contributed by atoms with Gasteiger partial charge in [-0.15, -0.1) is 0 Å². The molecular formula is C38H42O10. The van der Waals surface area contributed by atoms with Gasteiger partial charge in [0.15, 0.2) is 23.0 Å². The summed E-state index contributed by atoms with van der Waals surface area (Å²) in [6, 6.07) is 10.2. The summed E-state index contributed by atoms with van der Waals surface area (Å²) in [6.45, 7) is 10.6. The Morgan fingerprint density at radius 2 is 1.42 bits per heavy atom. The molecule has 0 amide bonds. The minimum Gasteiger partial charge on any atom is -0.465 e. The predicted octanol–water partition coefficient (Wildman–Crippen LogP) is 6.65. The van der Waals surface area contributed by atoms with Crippen LogP contribution in [0.5, 0.6) is 23.0 Å². The van der Waals surface area contributed by atoms with Crippen molar-refractivity contribution in [1.29, 1.82) is 0 Å². The largest absolute Gasteiger partial charge is 0.465 e. The SMILES string of the molecule is C=C1C[C@]23C[C@H]1CC[C@H]2[C@]1(C)CC[C@@H](OC(=O)c2ccc4c(c2)OCO4)[C@](C)(COC(C)=O)C1C[C@@H]3OC(=O)c1ccc2c(c1)OCO2. The second-order valence-corrected chi connectivity index (χ2v) is 15.1. The van der Waals surface area contributed by atoms with Crippen LogP contribution in [-0.4, -0.2) is 50.3 Å². The Morgan fingerprint density at radius 3 is 2.04 bits per heavy atom. The molecule has 0 N–H and O–H groups in total. The van der Waals surface area contributed by atoms with Gasteiger partial charge in [0.25, 0.3) is 0 Å². The van der Waals surface area contributed by atoms with Crippen LogP contribution in [0.4, 0.5) is 0 Å². The van der Waals surface area contributed by atoms with E-state index in [0.29, 0.717) is 52.9 Å². The average molecular weight is 659 g/mol. The second-order valence-electron chi connectivity index (χ2n) is 15.1. The van der Waals surface area contributed by atoms with E-state index in [9.17, 15) is 14.4 Å². The molecule has 0 radical (unpaired) electrons. The van der Waals surface area contributed by atoms with Gasteiger partial charge < -0.3 is 33.2 Å². The molecule has 2 bridgehead atoms. The Labute approximate surface area is 280 Å². The van der Waals surface area contributed by atoms with Gasteiger partial charge in [0.1, 0.15) is 18.8 Å². The fourth-order valence-corrected chi connectivity index (χ4v) is 10.5. The molecule has 48 heavy (non-hydrogen) atoms. The Bertz CT molecular complexity index is 1700. The van der Waals surface area contributed by atoms with Gasteiger partial charge in [0, 0.05) is 17.8 Å². The number of fused-ring (bicyclic) bond motifs is 5. The predicted molar refractivity (Wildman–Crippen MR) is 171 cm³/mol. The maximum absolute atomic E-state index is 13.9. The van der Waals surface area contributed by atoms with E-state index in [4.69, 9.17) is 33.2 Å². The molecule has 4 fully saturated rings. The third-order valence-electron chi connectivity index (χ3n) is 12.7. The number of carbonyl (C=O) groups excluding carboxylic acids is 3. The van der Waals surface area contributed by atoms with Gasteiger partial charge in [-0.25, -0.2) is 9.59 Å². The van der Waals surface area contributed by atoms with E-state index >= 15 is 0 Å². The number of benzene rings is 2. The Morgan fingerprint density at radius 1 is 0.812 bits per heavy atom. The van der Waals surface area contributed by atoms with Gasteiger partial charge in [-0.3, -0.25) is 4.79 Å². The van der Waals surface area contributed by atoms with Crippen molar-refractivity contribution in [2.24, 2.45) is 34.0 Å². The minimum absolute atomic E-state index is 0.0803. The first-order valence-corrected chi connectivity index (χ1v) is 17.0. The van der Waals surface area contributed by atoms with Crippen LogP contribution in [0.3, 0.4) is 0 Å². The maximum Gasteiger partial charge on any atom is 0.338 e. The minimum atomic E-state index is -0.748. The topological polar surface area (TPSA) is 116 Å². The molecule has 0 aromatic heterocycles. The normalized spacial score (nSPS) is 35.3. The zero-order valence-electron chi connectivity index (χ0n) is 27.7. The lowest BCUT2D eigenvalue weighted by Gasteiger charge is -2.66. The van der Waals surface area contributed by atoms with E-state index in [2.05, 4.69) is 20.4 Å². The van der Waals surface area contributed by atoms with Crippen molar-refractivity contribution < 1.29 is 47.5 Å².